The Kier molecular flexibility index (Phi) is 8.38. The molecule has 37 heavy (non-hydrogen) atoms. The molecular formula is C28H33ClN4O4. The van der Waals surface area contributed by atoms with Crippen molar-refractivity contribution in [2.24, 2.45) is 0 Å². The molecule has 1 aromatic heterocycles. The Morgan fingerprint density at radius 2 is 1.86 bits per heavy atom. The van der Waals surface area contributed by atoms with Crippen LogP contribution in [0.1, 0.15) is 35.2 Å². The second-order valence-electron chi connectivity index (χ2n) is 9.31. The SMILES string of the molecule is COc1ccc(OC)c2nc(N(C)C)c(CN(CCCN3CCCC3=O)C(=O)c3cccc(Cl)c3)cc12. The molecule has 0 unspecified atom stereocenters. The number of hydrogen-bond donors (Lipinski definition) is 0. The second-order valence-corrected chi connectivity index (χ2v) is 9.74. The third-order valence-corrected chi connectivity index (χ3v) is 6.81. The third kappa shape index (κ3) is 5.91. The van der Waals surface area contributed by atoms with Gasteiger partial charge >= 0.3 is 0 Å². The van der Waals surface area contributed by atoms with Crippen molar-refractivity contribution in [3.05, 3.63) is 58.6 Å². The van der Waals surface area contributed by atoms with Crippen LogP contribution in [0.5, 0.6) is 11.5 Å². The van der Waals surface area contributed by atoms with Crippen LogP contribution in [0.4, 0.5) is 5.82 Å². The number of pyridine rings is 1. The van der Waals surface area contributed by atoms with E-state index < -0.39 is 0 Å². The van der Waals surface area contributed by atoms with E-state index in [1.807, 2.05) is 42.1 Å². The molecule has 0 saturated carbocycles. The first-order valence-electron chi connectivity index (χ1n) is 12.4. The number of carbonyl (C=O) groups is 2. The molecule has 0 bridgehead atoms. The van der Waals surface area contributed by atoms with E-state index in [-0.39, 0.29) is 11.8 Å². The summed E-state index contributed by atoms with van der Waals surface area (Å²) < 4.78 is 11.2. The summed E-state index contributed by atoms with van der Waals surface area (Å²) >= 11 is 6.20. The van der Waals surface area contributed by atoms with E-state index in [4.69, 9.17) is 26.1 Å². The molecule has 0 radical (unpaired) electrons. The fourth-order valence-corrected chi connectivity index (χ4v) is 4.93. The van der Waals surface area contributed by atoms with Crippen LogP contribution >= 0.6 is 11.6 Å². The van der Waals surface area contributed by atoms with E-state index in [9.17, 15) is 9.59 Å². The molecule has 1 aliphatic heterocycles. The van der Waals surface area contributed by atoms with Crippen LogP contribution in [-0.4, -0.2) is 74.5 Å². The van der Waals surface area contributed by atoms with Gasteiger partial charge in [0.1, 0.15) is 22.8 Å². The molecule has 2 heterocycles. The number of anilines is 1. The number of ether oxygens (including phenoxy) is 2. The van der Waals surface area contributed by atoms with Crippen LogP contribution in [0, 0.1) is 0 Å². The predicted molar refractivity (Wildman–Crippen MR) is 146 cm³/mol. The number of halogens is 1. The second kappa shape index (κ2) is 11.7. The number of benzene rings is 2. The summed E-state index contributed by atoms with van der Waals surface area (Å²) in [7, 11) is 7.08. The summed E-state index contributed by atoms with van der Waals surface area (Å²) in [6.07, 6.45) is 2.17. The minimum Gasteiger partial charge on any atom is -0.496 e. The maximum atomic E-state index is 13.7. The molecule has 1 aliphatic rings. The molecule has 0 atom stereocenters. The van der Waals surface area contributed by atoms with Gasteiger partial charge in [-0.2, -0.15) is 0 Å². The quantitative estimate of drug-likeness (QED) is 0.385. The maximum absolute atomic E-state index is 13.7. The molecule has 1 fully saturated rings. The Balaban J connectivity index is 1.70. The lowest BCUT2D eigenvalue weighted by atomic mass is 10.1. The van der Waals surface area contributed by atoms with Gasteiger partial charge in [0.25, 0.3) is 5.91 Å². The normalized spacial score (nSPS) is 13.2. The third-order valence-electron chi connectivity index (χ3n) is 6.57. The topological polar surface area (TPSA) is 75.2 Å². The molecule has 196 valence electrons. The minimum absolute atomic E-state index is 0.127. The molecule has 8 nitrogen and oxygen atoms in total. The first kappa shape index (κ1) is 26.5. The Labute approximate surface area is 222 Å². The number of aromatic nitrogens is 1. The number of carbonyl (C=O) groups excluding carboxylic acids is 2. The minimum atomic E-state index is -0.127. The zero-order chi connectivity index (χ0) is 26.5. The lowest BCUT2D eigenvalue weighted by molar-refractivity contribution is -0.127. The molecular weight excluding hydrogens is 492 g/mol. The van der Waals surface area contributed by atoms with E-state index in [0.29, 0.717) is 60.1 Å². The highest BCUT2D eigenvalue weighted by molar-refractivity contribution is 6.30. The monoisotopic (exact) mass is 524 g/mol. The molecule has 3 aromatic rings. The molecule has 0 N–H and O–H groups in total. The van der Waals surface area contributed by atoms with E-state index in [1.54, 1.807) is 43.4 Å². The highest BCUT2D eigenvalue weighted by atomic mass is 35.5. The van der Waals surface area contributed by atoms with Crippen molar-refractivity contribution < 1.29 is 19.1 Å². The average Bonchev–Trinajstić information content (AvgIpc) is 3.30. The zero-order valence-electron chi connectivity index (χ0n) is 21.8. The first-order chi connectivity index (χ1) is 17.8. The lowest BCUT2D eigenvalue weighted by Gasteiger charge is -2.27. The highest BCUT2D eigenvalue weighted by Gasteiger charge is 2.23. The molecule has 2 aromatic carbocycles. The summed E-state index contributed by atoms with van der Waals surface area (Å²) in [6.45, 7) is 2.22. The predicted octanol–water partition coefficient (Wildman–Crippen LogP) is 4.63. The van der Waals surface area contributed by atoms with Crippen molar-refractivity contribution in [2.75, 3.05) is 52.8 Å². The van der Waals surface area contributed by atoms with Crippen molar-refractivity contribution in [3.63, 3.8) is 0 Å². The van der Waals surface area contributed by atoms with Crippen molar-refractivity contribution in [1.29, 1.82) is 0 Å². The Hall–Kier alpha value is -3.52. The molecule has 2 amide bonds. The van der Waals surface area contributed by atoms with Crippen LogP contribution in [0.3, 0.4) is 0 Å². The molecule has 0 spiro atoms. The van der Waals surface area contributed by atoms with Gasteiger partial charge in [-0.15, -0.1) is 0 Å². The summed E-state index contributed by atoms with van der Waals surface area (Å²) in [4.78, 5) is 36.3. The smallest absolute Gasteiger partial charge is 0.254 e. The summed E-state index contributed by atoms with van der Waals surface area (Å²) in [5.41, 5.74) is 2.08. The van der Waals surface area contributed by atoms with Gasteiger partial charge in [0, 0.05) is 68.2 Å². The van der Waals surface area contributed by atoms with Crippen LogP contribution in [-0.2, 0) is 11.3 Å². The Morgan fingerprint density at radius 1 is 1.11 bits per heavy atom. The zero-order valence-corrected chi connectivity index (χ0v) is 22.5. The van der Waals surface area contributed by atoms with Gasteiger partial charge in [-0.1, -0.05) is 17.7 Å². The van der Waals surface area contributed by atoms with Crippen molar-refractivity contribution in [2.45, 2.75) is 25.8 Å². The molecule has 4 rings (SSSR count). The Bertz CT molecular complexity index is 1300. The van der Waals surface area contributed by atoms with Crippen LogP contribution in [0.2, 0.25) is 5.02 Å². The van der Waals surface area contributed by atoms with Crippen molar-refractivity contribution >= 4 is 40.1 Å². The summed E-state index contributed by atoms with van der Waals surface area (Å²) in [6, 6.07) is 12.7. The van der Waals surface area contributed by atoms with Gasteiger partial charge < -0.3 is 24.2 Å². The number of fused-ring (bicyclic) bond motifs is 1. The van der Waals surface area contributed by atoms with Gasteiger partial charge in [0.15, 0.2) is 0 Å². The van der Waals surface area contributed by atoms with E-state index in [1.165, 1.54) is 0 Å². The van der Waals surface area contributed by atoms with Gasteiger partial charge in [-0.05, 0) is 49.2 Å². The van der Waals surface area contributed by atoms with Crippen LogP contribution in [0.15, 0.2) is 42.5 Å². The van der Waals surface area contributed by atoms with Gasteiger partial charge in [0.2, 0.25) is 5.91 Å². The average molecular weight is 525 g/mol. The van der Waals surface area contributed by atoms with E-state index in [2.05, 4.69) is 0 Å². The van der Waals surface area contributed by atoms with Crippen LogP contribution in [0.25, 0.3) is 10.9 Å². The van der Waals surface area contributed by atoms with E-state index in [0.717, 1.165) is 29.7 Å². The Morgan fingerprint density at radius 3 is 2.51 bits per heavy atom. The number of amides is 2. The maximum Gasteiger partial charge on any atom is 0.254 e. The first-order valence-corrected chi connectivity index (χ1v) is 12.7. The summed E-state index contributed by atoms with van der Waals surface area (Å²) in [5.74, 6) is 2.11. The van der Waals surface area contributed by atoms with Crippen molar-refractivity contribution in [1.82, 2.24) is 14.8 Å². The fraction of sp³-hybridized carbons (Fsp3) is 0.393. The number of methoxy groups -OCH3 is 2. The van der Waals surface area contributed by atoms with E-state index >= 15 is 0 Å². The summed E-state index contributed by atoms with van der Waals surface area (Å²) in [5, 5.41) is 1.31. The van der Waals surface area contributed by atoms with Crippen LogP contribution < -0.4 is 14.4 Å². The molecule has 9 heteroatoms. The number of hydrogen-bond acceptors (Lipinski definition) is 6. The van der Waals surface area contributed by atoms with Gasteiger partial charge in [0.05, 0.1) is 14.2 Å². The molecule has 1 saturated heterocycles. The number of rotatable bonds is 10. The number of likely N-dealkylation sites (tertiary alicyclic amines) is 1. The highest BCUT2D eigenvalue weighted by Crippen LogP contribution is 2.35. The largest absolute Gasteiger partial charge is 0.496 e. The van der Waals surface area contributed by atoms with Crippen molar-refractivity contribution in [3.8, 4) is 11.5 Å². The number of nitrogens with zero attached hydrogens (tertiary/aromatic N) is 4. The fourth-order valence-electron chi connectivity index (χ4n) is 4.74. The lowest BCUT2D eigenvalue weighted by Crippen LogP contribution is -2.35. The standard InChI is InChI=1S/C28H33ClN4O4/c1-31(2)27-20(17-22-23(36-3)11-12-24(37-4)26(22)30-27)18-33(15-7-14-32-13-6-10-25(32)34)28(35)19-8-5-9-21(29)16-19/h5,8-9,11-12,16-17H,6-7,10,13-15,18H2,1-4H3. The van der Waals surface area contributed by atoms with Gasteiger partial charge in [-0.25, -0.2) is 4.98 Å². The molecule has 0 aliphatic carbocycles. The van der Waals surface area contributed by atoms with Gasteiger partial charge in [-0.3, -0.25) is 9.59 Å².